The highest BCUT2D eigenvalue weighted by molar-refractivity contribution is 14.1. The molecule has 0 saturated heterocycles. The summed E-state index contributed by atoms with van der Waals surface area (Å²) in [5.41, 5.74) is 1.26. The normalized spacial score (nSPS) is 25.5. The Labute approximate surface area is 215 Å². The first-order valence-corrected chi connectivity index (χ1v) is 13.4. The van der Waals surface area contributed by atoms with Gasteiger partial charge in [0.15, 0.2) is 5.82 Å². The van der Waals surface area contributed by atoms with E-state index in [4.69, 9.17) is 4.74 Å². The molecule has 0 radical (unpaired) electrons. The fraction of sp³-hybridized carbons (Fsp3) is 0.500. The second-order valence-corrected chi connectivity index (χ2v) is 10.8. The third kappa shape index (κ3) is 6.72. The van der Waals surface area contributed by atoms with Gasteiger partial charge in [-0.3, -0.25) is 0 Å². The van der Waals surface area contributed by atoms with Gasteiger partial charge in [0.2, 0.25) is 0 Å². The molecule has 6 heteroatoms. The van der Waals surface area contributed by atoms with Gasteiger partial charge in [0, 0.05) is 30.1 Å². The van der Waals surface area contributed by atoms with E-state index < -0.39 is 11.6 Å². The molecular weight excluding hydrogens is 545 g/mol. The van der Waals surface area contributed by atoms with Crippen LogP contribution >= 0.6 is 22.6 Å². The number of hydrogen-bond acceptors (Lipinski definition) is 3. The molecule has 0 amide bonds. The molecule has 0 bridgehead atoms. The van der Waals surface area contributed by atoms with E-state index in [1.165, 1.54) is 63.5 Å². The highest BCUT2D eigenvalue weighted by atomic mass is 127. The zero-order valence-corrected chi connectivity index (χ0v) is 21.7. The molecule has 0 unspecified atom stereocenters. The lowest BCUT2D eigenvalue weighted by molar-refractivity contribution is 0.0800. The molecule has 1 aromatic carbocycles. The molecule has 2 aliphatic carbocycles. The van der Waals surface area contributed by atoms with Crippen molar-refractivity contribution in [3.05, 3.63) is 64.0 Å². The van der Waals surface area contributed by atoms with Crippen LogP contribution in [0, 0.1) is 38.9 Å². The first-order chi connectivity index (χ1) is 16.5. The van der Waals surface area contributed by atoms with Crippen LogP contribution in [0.4, 0.5) is 8.78 Å². The van der Waals surface area contributed by atoms with Gasteiger partial charge in [-0.25, -0.2) is 18.7 Å². The van der Waals surface area contributed by atoms with Crippen molar-refractivity contribution in [3.8, 4) is 11.4 Å². The monoisotopic (exact) mass is 578 g/mol. The van der Waals surface area contributed by atoms with E-state index in [2.05, 4.69) is 28.7 Å². The molecule has 2 saturated carbocycles. The molecule has 182 valence electrons. The minimum absolute atomic E-state index is 0.0165. The number of ether oxygens (including phenoxy) is 1. The number of halogens is 3. The highest BCUT2D eigenvalue weighted by Gasteiger charge is 2.30. The van der Waals surface area contributed by atoms with Crippen molar-refractivity contribution in [1.82, 2.24) is 9.97 Å². The van der Waals surface area contributed by atoms with Crippen LogP contribution in [0.1, 0.15) is 56.9 Å². The predicted octanol–water partition coefficient (Wildman–Crippen LogP) is 7.86. The van der Waals surface area contributed by atoms with Crippen LogP contribution < -0.4 is 0 Å². The van der Waals surface area contributed by atoms with Gasteiger partial charge in [-0.2, -0.15) is 0 Å². The van der Waals surface area contributed by atoms with E-state index in [-0.39, 0.29) is 3.57 Å². The van der Waals surface area contributed by atoms with Gasteiger partial charge in [-0.1, -0.05) is 18.2 Å². The number of aromatic nitrogens is 2. The van der Waals surface area contributed by atoms with Gasteiger partial charge in [0.25, 0.3) is 0 Å². The van der Waals surface area contributed by atoms with Gasteiger partial charge < -0.3 is 4.74 Å². The first kappa shape index (κ1) is 25.4. The molecule has 3 nitrogen and oxygen atoms in total. The van der Waals surface area contributed by atoms with Crippen molar-refractivity contribution in [2.45, 2.75) is 51.4 Å². The summed E-state index contributed by atoms with van der Waals surface area (Å²) in [5, 5.41) is 0. The zero-order valence-electron chi connectivity index (χ0n) is 19.6. The summed E-state index contributed by atoms with van der Waals surface area (Å²) >= 11 is 1.65. The van der Waals surface area contributed by atoms with Crippen LogP contribution in [0.2, 0.25) is 0 Å². The Bertz CT molecular complexity index is 955. The SMILES string of the molecule is C=CCOCC1CCC(C2CCC(C=Cc3cnc(-c4cc(F)c(I)c(F)c4)nc3)CC2)CC1. The van der Waals surface area contributed by atoms with Crippen LogP contribution in [-0.2, 0) is 4.74 Å². The van der Waals surface area contributed by atoms with Crippen molar-refractivity contribution in [1.29, 1.82) is 0 Å². The van der Waals surface area contributed by atoms with E-state index in [1.54, 1.807) is 35.0 Å². The number of rotatable bonds is 8. The van der Waals surface area contributed by atoms with Gasteiger partial charge in [0.1, 0.15) is 11.6 Å². The van der Waals surface area contributed by atoms with Crippen molar-refractivity contribution < 1.29 is 13.5 Å². The molecule has 34 heavy (non-hydrogen) atoms. The number of benzene rings is 1. The molecule has 4 rings (SSSR count). The van der Waals surface area contributed by atoms with Gasteiger partial charge in [0.05, 0.1) is 10.2 Å². The Kier molecular flexibility index (Phi) is 9.23. The van der Waals surface area contributed by atoms with Crippen LogP contribution in [0.15, 0.2) is 43.3 Å². The second-order valence-electron chi connectivity index (χ2n) is 9.73. The summed E-state index contributed by atoms with van der Waals surface area (Å²) in [6, 6.07) is 2.55. The largest absolute Gasteiger partial charge is 0.377 e. The molecule has 2 aliphatic rings. The van der Waals surface area contributed by atoms with E-state index in [1.807, 2.05) is 6.08 Å². The zero-order chi connectivity index (χ0) is 23.9. The molecule has 1 heterocycles. The number of nitrogens with zero attached hydrogens (tertiary/aromatic N) is 2. The second kappa shape index (κ2) is 12.3. The molecule has 0 aliphatic heterocycles. The minimum atomic E-state index is -0.593. The number of allylic oxidation sites excluding steroid dienone is 1. The molecule has 0 spiro atoms. The van der Waals surface area contributed by atoms with E-state index in [0.717, 1.165) is 29.9 Å². The molecule has 0 N–H and O–H groups in total. The molecular formula is C28H33F2IN2O. The van der Waals surface area contributed by atoms with Crippen molar-refractivity contribution >= 4 is 28.7 Å². The Morgan fingerprint density at radius 3 is 2.12 bits per heavy atom. The Morgan fingerprint density at radius 1 is 0.941 bits per heavy atom. The smallest absolute Gasteiger partial charge is 0.159 e. The van der Waals surface area contributed by atoms with Crippen LogP contribution in [0.25, 0.3) is 17.5 Å². The summed E-state index contributed by atoms with van der Waals surface area (Å²) in [5.74, 6) is 2.23. The maximum Gasteiger partial charge on any atom is 0.159 e. The summed E-state index contributed by atoms with van der Waals surface area (Å²) < 4.78 is 33.3. The van der Waals surface area contributed by atoms with Crippen LogP contribution in [0.3, 0.4) is 0 Å². The quantitative estimate of drug-likeness (QED) is 0.139. The fourth-order valence-corrected chi connectivity index (χ4v) is 5.77. The fourth-order valence-electron chi connectivity index (χ4n) is 5.46. The Morgan fingerprint density at radius 2 is 1.53 bits per heavy atom. The average molecular weight is 578 g/mol. The summed E-state index contributed by atoms with van der Waals surface area (Å²) in [6.45, 7) is 5.27. The standard InChI is InChI=1S/C28H33F2IN2O/c1-2-13-34-18-20-7-11-23(12-8-20)22-9-5-19(6-10-22)3-4-21-16-32-28(33-17-21)24-14-25(29)27(31)26(30)15-24/h2-4,14-17,19-20,22-23H,1,5-13,18H2. The Balaban J connectivity index is 1.23. The lowest BCUT2D eigenvalue weighted by Crippen LogP contribution is -2.26. The van der Waals surface area contributed by atoms with Crippen molar-refractivity contribution in [2.75, 3.05) is 13.2 Å². The molecule has 1 aromatic heterocycles. The molecule has 0 atom stereocenters. The summed E-state index contributed by atoms with van der Waals surface area (Å²) in [4.78, 5) is 8.63. The average Bonchev–Trinajstić information content (AvgIpc) is 2.87. The maximum absolute atomic E-state index is 13.8. The van der Waals surface area contributed by atoms with Gasteiger partial charge >= 0.3 is 0 Å². The first-order valence-electron chi connectivity index (χ1n) is 12.4. The lowest BCUT2D eigenvalue weighted by Gasteiger charge is -2.37. The van der Waals surface area contributed by atoms with Crippen molar-refractivity contribution in [2.24, 2.45) is 23.7 Å². The summed E-state index contributed by atoms with van der Waals surface area (Å²) in [6.07, 6.45) is 20.1. The number of hydrogen-bond donors (Lipinski definition) is 0. The third-order valence-electron chi connectivity index (χ3n) is 7.44. The maximum atomic E-state index is 13.8. The highest BCUT2D eigenvalue weighted by Crippen LogP contribution is 2.41. The van der Waals surface area contributed by atoms with Crippen LogP contribution in [0.5, 0.6) is 0 Å². The molecule has 2 aromatic rings. The lowest BCUT2D eigenvalue weighted by atomic mass is 9.69. The third-order valence-corrected chi connectivity index (χ3v) is 8.47. The minimum Gasteiger partial charge on any atom is -0.377 e. The van der Waals surface area contributed by atoms with E-state index in [9.17, 15) is 8.78 Å². The van der Waals surface area contributed by atoms with Gasteiger partial charge in [-0.05, 0) is 110 Å². The summed E-state index contributed by atoms with van der Waals surface area (Å²) in [7, 11) is 0. The Hall–Kier alpha value is -1.67. The van der Waals surface area contributed by atoms with E-state index >= 15 is 0 Å². The van der Waals surface area contributed by atoms with E-state index in [0.29, 0.717) is 23.9 Å². The topological polar surface area (TPSA) is 35.0 Å². The van der Waals surface area contributed by atoms with Crippen LogP contribution in [-0.4, -0.2) is 23.2 Å². The molecule has 2 fully saturated rings. The van der Waals surface area contributed by atoms with Crippen molar-refractivity contribution in [3.63, 3.8) is 0 Å². The predicted molar refractivity (Wildman–Crippen MR) is 141 cm³/mol. The van der Waals surface area contributed by atoms with Gasteiger partial charge in [-0.15, -0.1) is 6.58 Å².